The highest BCUT2D eigenvalue weighted by Crippen LogP contribution is 2.11. The number of esters is 1. The molecular weight excluding hydrogens is 216 g/mol. The van der Waals surface area contributed by atoms with Gasteiger partial charge in [0.25, 0.3) is 0 Å². The molecule has 0 aromatic rings. The molecule has 4 heteroatoms. The van der Waals surface area contributed by atoms with Crippen molar-refractivity contribution in [1.82, 2.24) is 4.90 Å². The highest BCUT2D eigenvalue weighted by molar-refractivity contribution is 5.75. The fourth-order valence-corrected chi connectivity index (χ4v) is 2.04. The summed E-state index contributed by atoms with van der Waals surface area (Å²) in [5, 5.41) is 0. The summed E-state index contributed by atoms with van der Waals surface area (Å²) in [6, 6.07) is -0.475. The zero-order chi connectivity index (χ0) is 12.9. The molecule has 1 aliphatic heterocycles. The van der Waals surface area contributed by atoms with Gasteiger partial charge in [0.05, 0.1) is 0 Å². The molecule has 1 fully saturated rings. The van der Waals surface area contributed by atoms with E-state index in [0.29, 0.717) is 6.42 Å². The third kappa shape index (κ3) is 6.03. The summed E-state index contributed by atoms with van der Waals surface area (Å²) < 4.78 is 5.24. The third-order valence-electron chi connectivity index (χ3n) is 2.90. The van der Waals surface area contributed by atoms with E-state index < -0.39 is 11.6 Å². The lowest BCUT2D eigenvalue weighted by atomic mass is 10.1. The SMILES string of the molecule is CC(C)(C)OC(=O)C(N)CCCN1CCCC1. The number of carbonyl (C=O) groups is 1. The van der Waals surface area contributed by atoms with E-state index in [4.69, 9.17) is 10.5 Å². The predicted molar refractivity (Wildman–Crippen MR) is 68.7 cm³/mol. The molecule has 0 saturated carbocycles. The number of likely N-dealkylation sites (tertiary alicyclic amines) is 1. The molecule has 1 aliphatic rings. The number of nitrogens with two attached hydrogens (primary N) is 1. The van der Waals surface area contributed by atoms with Crippen molar-refractivity contribution in [1.29, 1.82) is 0 Å². The van der Waals surface area contributed by atoms with Gasteiger partial charge in [-0.1, -0.05) is 0 Å². The van der Waals surface area contributed by atoms with Crippen LogP contribution in [0.25, 0.3) is 0 Å². The Morgan fingerprint density at radius 3 is 2.47 bits per heavy atom. The van der Waals surface area contributed by atoms with Gasteiger partial charge in [-0.15, -0.1) is 0 Å². The minimum absolute atomic E-state index is 0.279. The van der Waals surface area contributed by atoms with Crippen molar-refractivity contribution in [3.63, 3.8) is 0 Å². The Bertz CT molecular complexity index is 242. The number of ether oxygens (including phenoxy) is 1. The molecule has 1 heterocycles. The second kappa shape index (κ2) is 6.36. The molecule has 0 aromatic heterocycles. The van der Waals surface area contributed by atoms with Crippen LogP contribution in [-0.2, 0) is 9.53 Å². The van der Waals surface area contributed by atoms with Crippen LogP contribution in [0.15, 0.2) is 0 Å². The van der Waals surface area contributed by atoms with Crippen LogP contribution in [0.3, 0.4) is 0 Å². The van der Waals surface area contributed by atoms with E-state index in [2.05, 4.69) is 4.90 Å². The molecule has 0 aromatic carbocycles. The lowest BCUT2D eigenvalue weighted by molar-refractivity contribution is -0.156. The Balaban J connectivity index is 2.15. The number of carbonyl (C=O) groups excluding carboxylic acids is 1. The molecule has 0 aliphatic carbocycles. The van der Waals surface area contributed by atoms with Crippen molar-refractivity contribution in [3.8, 4) is 0 Å². The molecule has 0 spiro atoms. The summed E-state index contributed by atoms with van der Waals surface area (Å²) in [5.41, 5.74) is 5.38. The van der Waals surface area contributed by atoms with Crippen LogP contribution in [0.1, 0.15) is 46.5 Å². The Hall–Kier alpha value is -0.610. The quantitative estimate of drug-likeness (QED) is 0.743. The van der Waals surface area contributed by atoms with Crippen LogP contribution in [0.5, 0.6) is 0 Å². The highest BCUT2D eigenvalue weighted by Gasteiger charge is 2.22. The summed E-state index contributed by atoms with van der Waals surface area (Å²) in [7, 11) is 0. The predicted octanol–water partition coefficient (Wildman–Crippen LogP) is 1.53. The van der Waals surface area contributed by atoms with E-state index >= 15 is 0 Å². The summed E-state index contributed by atoms with van der Waals surface area (Å²) in [4.78, 5) is 14.1. The van der Waals surface area contributed by atoms with Gasteiger partial charge in [-0.05, 0) is 66.1 Å². The fraction of sp³-hybridized carbons (Fsp3) is 0.923. The van der Waals surface area contributed by atoms with Crippen LogP contribution >= 0.6 is 0 Å². The van der Waals surface area contributed by atoms with E-state index in [0.717, 1.165) is 13.0 Å². The topological polar surface area (TPSA) is 55.6 Å². The lowest BCUT2D eigenvalue weighted by Crippen LogP contribution is -2.37. The molecule has 1 atom stereocenters. The zero-order valence-electron chi connectivity index (χ0n) is 11.4. The molecule has 1 saturated heterocycles. The fourth-order valence-electron chi connectivity index (χ4n) is 2.04. The van der Waals surface area contributed by atoms with Gasteiger partial charge in [0.1, 0.15) is 11.6 Å². The second-order valence-electron chi connectivity index (χ2n) is 5.83. The summed E-state index contributed by atoms with van der Waals surface area (Å²) in [6.07, 6.45) is 4.29. The number of nitrogens with zero attached hydrogens (tertiary/aromatic N) is 1. The number of hydrogen-bond acceptors (Lipinski definition) is 4. The Labute approximate surface area is 104 Å². The average molecular weight is 242 g/mol. The van der Waals surface area contributed by atoms with Gasteiger partial charge >= 0.3 is 5.97 Å². The first-order valence-electron chi connectivity index (χ1n) is 6.59. The maximum atomic E-state index is 11.6. The maximum Gasteiger partial charge on any atom is 0.323 e. The molecule has 100 valence electrons. The number of rotatable bonds is 5. The van der Waals surface area contributed by atoms with Crippen LogP contribution in [0, 0.1) is 0 Å². The zero-order valence-corrected chi connectivity index (χ0v) is 11.4. The summed E-state index contributed by atoms with van der Waals surface area (Å²) in [5.74, 6) is -0.279. The van der Waals surface area contributed by atoms with Crippen molar-refractivity contribution in [2.24, 2.45) is 5.73 Å². The largest absolute Gasteiger partial charge is 0.459 e. The Morgan fingerprint density at radius 2 is 1.94 bits per heavy atom. The lowest BCUT2D eigenvalue weighted by Gasteiger charge is -2.22. The molecule has 0 amide bonds. The monoisotopic (exact) mass is 242 g/mol. The molecule has 17 heavy (non-hydrogen) atoms. The molecular formula is C13H26N2O2. The van der Waals surface area contributed by atoms with Gasteiger partial charge in [0, 0.05) is 0 Å². The first-order chi connectivity index (χ1) is 7.88. The maximum absolute atomic E-state index is 11.6. The van der Waals surface area contributed by atoms with Gasteiger partial charge in [-0.3, -0.25) is 4.79 Å². The molecule has 1 rings (SSSR count). The van der Waals surface area contributed by atoms with Gasteiger partial charge in [0.2, 0.25) is 0 Å². The van der Waals surface area contributed by atoms with Crippen LogP contribution in [0.4, 0.5) is 0 Å². The molecule has 1 unspecified atom stereocenters. The molecule has 2 N–H and O–H groups in total. The van der Waals surface area contributed by atoms with Crippen molar-refractivity contribution < 1.29 is 9.53 Å². The van der Waals surface area contributed by atoms with Crippen LogP contribution in [-0.4, -0.2) is 42.1 Å². The molecule has 0 bridgehead atoms. The van der Waals surface area contributed by atoms with Crippen molar-refractivity contribution in [3.05, 3.63) is 0 Å². The standard InChI is InChI=1S/C13H26N2O2/c1-13(2,3)17-12(16)11(14)7-6-10-15-8-4-5-9-15/h11H,4-10,14H2,1-3H3. The first-order valence-corrected chi connectivity index (χ1v) is 6.59. The normalized spacial score (nSPS) is 19.3. The van der Waals surface area contributed by atoms with Crippen LogP contribution in [0.2, 0.25) is 0 Å². The highest BCUT2D eigenvalue weighted by atomic mass is 16.6. The smallest absolute Gasteiger partial charge is 0.323 e. The van der Waals surface area contributed by atoms with Gasteiger partial charge in [-0.25, -0.2) is 0 Å². The Morgan fingerprint density at radius 1 is 1.35 bits per heavy atom. The average Bonchev–Trinajstić information content (AvgIpc) is 2.67. The minimum atomic E-state index is -0.475. The number of hydrogen-bond donors (Lipinski definition) is 1. The van der Waals surface area contributed by atoms with Gasteiger partial charge < -0.3 is 15.4 Å². The molecule has 4 nitrogen and oxygen atoms in total. The van der Waals surface area contributed by atoms with E-state index in [1.54, 1.807) is 0 Å². The third-order valence-corrected chi connectivity index (χ3v) is 2.90. The first kappa shape index (κ1) is 14.5. The van der Waals surface area contributed by atoms with E-state index in [1.807, 2.05) is 20.8 Å². The summed E-state index contributed by atoms with van der Waals surface area (Å²) >= 11 is 0. The van der Waals surface area contributed by atoms with E-state index in [-0.39, 0.29) is 5.97 Å². The van der Waals surface area contributed by atoms with E-state index in [1.165, 1.54) is 25.9 Å². The van der Waals surface area contributed by atoms with Crippen LogP contribution < -0.4 is 5.73 Å². The minimum Gasteiger partial charge on any atom is -0.459 e. The Kier molecular flexibility index (Phi) is 5.40. The van der Waals surface area contributed by atoms with Crippen molar-refractivity contribution >= 4 is 5.97 Å². The van der Waals surface area contributed by atoms with Crippen molar-refractivity contribution in [2.45, 2.75) is 58.1 Å². The molecule has 0 radical (unpaired) electrons. The summed E-state index contributed by atoms with van der Waals surface area (Å²) in [6.45, 7) is 9.03. The van der Waals surface area contributed by atoms with Gasteiger partial charge in [0.15, 0.2) is 0 Å². The van der Waals surface area contributed by atoms with Crippen molar-refractivity contribution in [2.75, 3.05) is 19.6 Å². The van der Waals surface area contributed by atoms with Gasteiger partial charge in [-0.2, -0.15) is 0 Å². The van der Waals surface area contributed by atoms with E-state index in [9.17, 15) is 4.79 Å². The second-order valence-corrected chi connectivity index (χ2v) is 5.83.